The molecule has 0 saturated carbocycles. The van der Waals surface area contributed by atoms with Gasteiger partial charge < -0.3 is 4.74 Å². The summed E-state index contributed by atoms with van der Waals surface area (Å²) in [7, 11) is -3.96. The molecular formula is C24H28N2O4S. The van der Waals surface area contributed by atoms with Crippen molar-refractivity contribution in [3.63, 3.8) is 0 Å². The quantitative estimate of drug-likeness (QED) is 0.538. The zero-order valence-corrected chi connectivity index (χ0v) is 19.8. The average Bonchev–Trinajstić information content (AvgIpc) is 3.01. The SMILES string of the molecule is Cc1ccc(S(=O)(=O)c2c(C)nn(C(C)(C)C)c2OC(=O)c2ccc(C)c(C)c2)cc1. The monoisotopic (exact) mass is 440 g/mol. The minimum Gasteiger partial charge on any atom is -0.403 e. The van der Waals surface area contributed by atoms with Gasteiger partial charge in [0.25, 0.3) is 0 Å². The molecule has 164 valence electrons. The molecule has 0 spiro atoms. The maximum atomic E-state index is 13.5. The predicted molar refractivity (Wildman–Crippen MR) is 119 cm³/mol. The van der Waals surface area contributed by atoms with Gasteiger partial charge in [-0.25, -0.2) is 17.9 Å². The van der Waals surface area contributed by atoms with Gasteiger partial charge in [0, 0.05) is 0 Å². The van der Waals surface area contributed by atoms with E-state index in [0.717, 1.165) is 16.7 Å². The van der Waals surface area contributed by atoms with Crippen molar-refractivity contribution in [2.24, 2.45) is 0 Å². The number of carbonyl (C=O) groups excluding carboxylic acids is 1. The maximum absolute atomic E-state index is 13.5. The molecule has 0 bridgehead atoms. The molecule has 6 nitrogen and oxygen atoms in total. The Bertz CT molecular complexity index is 1250. The minimum absolute atomic E-state index is 0.0752. The molecule has 0 amide bonds. The van der Waals surface area contributed by atoms with Crippen LogP contribution in [0.25, 0.3) is 0 Å². The number of hydrogen-bond donors (Lipinski definition) is 0. The first-order chi connectivity index (χ1) is 14.3. The fourth-order valence-corrected chi connectivity index (χ4v) is 4.71. The second kappa shape index (κ2) is 7.96. The maximum Gasteiger partial charge on any atom is 0.344 e. The molecule has 1 aromatic heterocycles. The standard InChI is InChI=1S/C24H28N2O4S/c1-15-8-12-20(13-9-15)31(28,29)21-18(4)25-26(24(5,6)7)22(21)30-23(27)19-11-10-16(2)17(3)14-19/h8-14H,1-7H3. The van der Waals surface area contributed by atoms with E-state index in [9.17, 15) is 13.2 Å². The second-order valence-corrected chi connectivity index (χ2v) is 10.7. The van der Waals surface area contributed by atoms with E-state index in [2.05, 4.69) is 5.10 Å². The molecule has 0 unspecified atom stereocenters. The zero-order valence-electron chi connectivity index (χ0n) is 19.0. The Morgan fingerprint density at radius 1 is 0.935 bits per heavy atom. The minimum atomic E-state index is -3.96. The highest BCUT2D eigenvalue weighted by atomic mass is 32.2. The number of carbonyl (C=O) groups is 1. The molecule has 31 heavy (non-hydrogen) atoms. The van der Waals surface area contributed by atoms with Crippen molar-refractivity contribution in [1.82, 2.24) is 9.78 Å². The Hall–Kier alpha value is -2.93. The highest BCUT2D eigenvalue weighted by molar-refractivity contribution is 7.91. The topological polar surface area (TPSA) is 78.3 Å². The molecule has 0 saturated heterocycles. The lowest BCUT2D eigenvalue weighted by atomic mass is 10.1. The van der Waals surface area contributed by atoms with Crippen LogP contribution in [0.4, 0.5) is 0 Å². The largest absolute Gasteiger partial charge is 0.403 e. The number of hydrogen-bond acceptors (Lipinski definition) is 5. The summed E-state index contributed by atoms with van der Waals surface area (Å²) in [6, 6.07) is 11.8. The van der Waals surface area contributed by atoms with E-state index >= 15 is 0 Å². The molecule has 7 heteroatoms. The third-order valence-corrected chi connectivity index (χ3v) is 7.03. The fraction of sp³-hybridized carbons (Fsp3) is 0.333. The summed E-state index contributed by atoms with van der Waals surface area (Å²) in [4.78, 5) is 13.0. The van der Waals surface area contributed by atoms with Crippen molar-refractivity contribution in [3.8, 4) is 5.88 Å². The van der Waals surface area contributed by atoms with Crippen LogP contribution < -0.4 is 4.74 Å². The summed E-state index contributed by atoms with van der Waals surface area (Å²) in [5.41, 5.74) is 2.96. The van der Waals surface area contributed by atoms with Gasteiger partial charge in [0.05, 0.1) is 21.7 Å². The molecule has 0 atom stereocenters. The Balaban J connectivity index is 2.17. The van der Waals surface area contributed by atoms with Crippen molar-refractivity contribution in [2.45, 2.75) is 63.8 Å². The van der Waals surface area contributed by atoms with Crippen LogP contribution in [0.5, 0.6) is 5.88 Å². The van der Waals surface area contributed by atoms with Crippen molar-refractivity contribution >= 4 is 15.8 Å². The van der Waals surface area contributed by atoms with Gasteiger partial charge in [-0.15, -0.1) is 0 Å². The average molecular weight is 441 g/mol. The van der Waals surface area contributed by atoms with Gasteiger partial charge in [-0.1, -0.05) is 23.8 Å². The van der Waals surface area contributed by atoms with E-state index in [1.54, 1.807) is 43.3 Å². The summed E-state index contributed by atoms with van der Waals surface area (Å²) in [5.74, 6) is -0.706. The van der Waals surface area contributed by atoms with Gasteiger partial charge in [0.15, 0.2) is 4.90 Å². The number of aromatic nitrogens is 2. The first-order valence-electron chi connectivity index (χ1n) is 10.0. The van der Waals surface area contributed by atoms with Crippen LogP contribution in [-0.4, -0.2) is 24.2 Å². The number of sulfone groups is 1. The van der Waals surface area contributed by atoms with E-state index in [-0.39, 0.29) is 21.4 Å². The lowest BCUT2D eigenvalue weighted by Crippen LogP contribution is -2.26. The van der Waals surface area contributed by atoms with Crippen LogP contribution in [-0.2, 0) is 15.4 Å². The number of benzene rings is 2. The van der Waals surface area contributed by atoms with Gasteiger partial charge >= 0.3 is 5.97 Å². The van der Waals surface area contributed by atoms with E-state index in [1.807, 2.05) is 47.6 Å². The van der Waals surface area contributed by atoms with Crippen LogP contribution in [0.3, 0.4) is 0 Å². The summed E-state index contributed by atoms with van der Waals surface area (Å²) in [6.45, 7) is 13.0. The van der Waals surface area contributed by atoms with Gasteiger partial charge in [0.1, 0.15) is 0 Å². The number of esters is 1. The molecule has 0 aliphatic rings. The molecule has 0 fully saturated rings. The van der Waals surface area contributed by atoms with Crippen LogP contribution >= 0.6 is 0 Å². The Morgan fingerprint density at radius 2 is 1.55 bits per heavy atom. The Morgan fingerprint density at radius 3 is 2.10 bits per heavy atom. The summed E-state index contributed by atoms with van der Waals surface area (Å²) >= 11 is 0. The van der Waals surface area contributed by atoms with E-state index in [0.29, 0.717) is 5.56 Å². The Labute approximate surface area is 183 Å². The first-order valence-corrected chi connectivity index (χ1v) is 11.5. The molecule has 2 aromatic carbocycles. The summed E-state index contributed by atoms with van der Waals surface area (Å²) in [5, 5.41) is 4.43. The van der Waals surface area contributed by atoms with Gasteiger partial charge in [-0.05, 0) is 83.9 Å². The van der Waals surface area contributed by atoms with Gasteiger partial charge in [-0.3, -0.25) is 0 Å². The molecule has 0 radical (unpaired) electrons. The van der Waals surface area contributed by atoms with Gasteiger partial charge in [0.2, 0.25) is 15.7 Å². The predicted octanol–water partition coefficient (Wildman–Crippen LogP) is 4.92. The van der Waals surface area contributed by atoms with Crippen molar-refractivity contribution < 1.29 is 17.9 Å². The number of nitrogens with zero attached hydrogens (tertiary/aromatic N) is 2. The van der Waals surface area contributed by atoms with Crippen molar-refractivity contribution in [2.75, 3.05) is 0 Å². The highest BCUT2D eigenvalue weighted by Crippen LogP contribution is 2.36. The van der Waals surface area contributed by atoms with E-state index in [1.165, 1.54) is 4.68 Å². The first kappa shape index (κ1) is 22.7. The zero-order chi connectivity index (χ0) is 23.1. The van der Waals surface area contributed by atoms with Crippen LogP contribution in [0, 0.1) is 27.7 Å². The van der Waals surface area contributed by atoms with Gasteiger partial charge in [-0.2, -0.15) is 5.10 Å². The molecular weight excluding hydrogens is 412 g/mol. The highest BCUT2D eigenvalue weighted by Gasteiger charge is 2.34. The molecule has 3 aromatic rings. The molecule has 0 N–H and O–H groups in total. The number of ether oxygens (including phenoxy) is 1. The lowest BCUT2D eigenvalue weighted by Gasteiger charge is -2.22. The third kappa shape index (κ3) is 4.42. The Kier molecular flexibility index (Phi) is 5.84. The normalized spacial score (nSPS) is 12.1. The van der Waals surface area contributed by atoms with E-state index < -0.39 is 21.3 Å². The fourth-order valence-electron chi connectivity index (χ4n) is 3.20. The van der Waals surface area contributed by atoms with Crippen LogP contribution in [0.2, 0.25) is 0 Å². The van der Waals surface area contributed by atoms with Crippen molar-refractivity contribution in [1.29, 1.82) is 0 Å². The summed E-state index contributed by atoms with van der Waals surface area (Å²) in [6.07, 6.45) is 0. The smallest absolute Gasteiger partial charge is 0.344 e. The van der Waals surface area contributed by atoms with Crippen molar-refractivity contribution in [3.05, 3.63) is 70.4 Å². The van der Waals surface area contributed by atoms with E-state index in [4.69, 9.17) is 4.74 Å². The van der Waals surface area contributed by atoms with Crippen LogP contribution in [0.1, 0.15) is 53.5 Å². The van der Waals surface area contributed by atoms with Crippen LogP contribution in [0.15, 0.2) is 52.3 Å². The number of aryl methyl sites for hydroxylation is 4. The molecule has 0 aliphatic carbocycles. The lowest BCUT2D eigenvalue weighted by molar-refractivity contribution is 0.0703. The number of rotatable bonds is 4. The molecule has 0 aliphatic heterocycles. The second-order valence-electron chi connectivity index (χ2n) is 8.81. The summed E-state index contributed by atoms with van der Waals surface area (Å²) < 4.78 is 34.2. The molecule has 3 rings (SSSR count). The molecule has 1 heterocycles. The third-order valence-electron chi connectivity index (χ3n) is 5.13.